The van der Waals surface area contributed by atoms with Crippen LogP contribution in [0.2, 0.25) is 0 Å². The van der Waals surface area contributed by atoms with Gasteiger partial charge in [-0.3, -0.25) is 0 Å². The molecule has 110 valence electrons. The van der Waals surface area contributed by atoms with Crippen molar-refractivity contribution in [1.82, 2.24) is 9.97 Å². The number of ether oxygens (including phenoxy) is 2. The number of nitrogen functional groups attached to an aromatic ring is 1. The van der Waals surface area contributed by atoms with E-state index in [0.29, 0.717) is 17.4 Å². The van der Waals surface area contributed by atoms with Gasteiger partial charge >= 0.3 is 0 Å². The number of hydrogen-bond donors (Lipinski definition) is 1. The highest BCUT2D eigenvalue weighted by molar-refractivity contribution is 5.74. The molecule has 0 aliphatic heterocycles. The summed E-state index contributed by atoms with van der Waals surface area (Å²) in [6.45, 7) is 0. The van der Waals surface area contributed by atoms with Gasteiger partial charge < -0.3 is 15.2 Å². The molecule has 2 N–H and O–H groups in total. The molecule has 5 nitrogen and oxygen atoms in total. The van der Waals surface area contributed by atoms with E-state index in [2.05, 4.69) is 9.97 Å². The van der Waals surface area contributed by atoms with Gasteiger partial charge in [0.25, 0.3) is 0 Å². The van der Waals surface area contributed by atoms with Crippen LogP contribution < -0.4 is 15.2 Å². The fourth-order valence-electron chi connectivity index (χ4n) is 2.11. The second kappa shape index (κ2) is 6.13. The minimum Gasteiger partial charge on any atom is -0.496 e. The Hall–Kier alpha value is -3.08. The van der Waals surface area contributed by atoms with Gasteiger partial charge in [-0.25, -0.2) is 9.97 Å². The molecule has 0 aliphatic rings. The Bertz CT molecular complexity index is 773. The van der Waals surface area contributed by atoms with Crippen molar-refractivity contribution in [3.63, 3.8) is 0 Å². The first kappa shape index (κ1) is 13.9. The number of nitrogens with zero attached hydrogens (tertiary/aromatic N) is 2. The second-order valence-corrected chi connectivity index (χ2v) is 4.58. The Morgan fingerprint density at radius 2 is 1.73 bits per heavy atom. The van der Waals surface area contributed by atoms with Gasteiger partial charge in [-0.1, -0.05) is 18.2 Å². The molecule has 0 saturated carbocycles. The Kier molecular flexibility index (Phi) is 3.87. The molecule has 0 spiro atoms. The van der Waals surface area contributed by atoms with E-state index >= 15 is 0 Å². The van der Waals surface area contributed by atoms with E-state index in [1.165, 1.54) is 0 Å². The third kappa shape index (κ3) is 2.83. The minimum atomic E-state index is 0.443. The van der Waals surface area contributed by atoms with E-state index in [1.54, 1.807) is 31.6 Å². The number of anilines is 1. The SMILES string of the molecule is COc1ccccc1-c1cccnc1Oc1ccc(N)nc1. The van der Waals surface area contributed by atoms with Crippen molar-refractivity contribution in [2.75, 3.05) is 12.8 Å². The average molecular weight is 293 g/mol. The van der Waals surface area contributed by atoms with Crippen LogP contribution in [-0.2, 0) is 0 Å². The number of methoxy groups -OCH3 is 1. The molecule has 0 fully saturated rings. The summed E-state index contributed by atoms with van der Waals surface area (Å²) in [7, 11) is 1.64. The largest absolute Gasteiger partial charge is 0.496 e. The first-order valence-electron chi connectivity index (χ1n) is 6.75. The van der Waals surface area contributed by atoms with E-state index in [4.69, 9.17) is 15.2 Å². The predicted octanol–water partition coefficient (Wildman–Crippen LogP) is 3.53. The van der Waals surface area contributed by atoms with Gasteiger partial charge in [-0.2, -0.15) is 0 Å². The maximum absolute atomic E-state index is 5.83. The van der Waals surface area contributed by atoms with Crippen LogP contribution >= 0.6 is 0 Å². The number of para-hydroxylation sites is 1. The lowest BCUT2D eigenvalue weighted by Crippen LogP contribution is -1.95. The van der Waals surface area contributed by atoms with Crippen LogP contribution in [0.25, 0.3) is 11.1 Å². The summed E-state index contributed by atoms with van der Waals surface area (Å²) in [5.41, 5.74) is 7.34. The molecule has 0 unspecified atom stereocenters. The summed E-state index contributed by atoms with van der Waals surface area (Å²) in [5, 5.41) is 0. The number of benzene rings is 1. The number of aromatic nitrogens is 2. The molecule has 22 heavy (non-hydrogen) atoms. The van der Waals surface area contributed by atoms with Gasteiger partial charge in [0.05, 0.1) is 13.3 Å². The van der Waals surface area contributed by atoms with E-state index < -0.39 is 0 Å². The lowest BCUT2D eigenvalue weighted by atomic mass is 10.1. The maximum atomic E-state index is 5.83. The van der Waals surface area contributed by atoms with Crippen LogP contribution in [0.3, 0.4) is 0 Å². The van der Waals surface area contributed by atoms with Gasteiger partial charge in [0.15, 0.2) is 0 Å². The van der Waals surface area contributed by atoms with Crippen molar-refractivity contribution in [2.45, 2.75) is 0 Å². The van der Waals surface area contributed by atoms with Crippen molar-refractivity contribution in [3.8, 4) is 28.5 Å². The topological polar surface area (TPSA) is 70.3 Å². The first-order chi connectivity index (χ1) is 10.8. The lowest BCUT2D eigenvalue weighted by molar-refractivity contribution is 0.415. The number of hydrogen-bond acceptors (Lipinski definition) is 5. The van der Waals surface area contributed by atoms with Crippen molar-refractivity contribution in [3.05, 3.63) is 60.9 Å². The highest BCUT2D eigenvalue weighted by atomic mass is 16.5. The zero-order valence-corrected chi connectivity index (χ0v) is 12.1. The van der Waals surface area contributed by atoms with Crippen molar-refractivity contribution < 1.29 is 9.47 Å². The van der Waals surface area contributed by atoms with Crippen LogP contribution in [-0.4, -0.2) is 17.1 Å². The van der Waals surface area contributed by atoms with E-state index in [9.17, 15) is 0 Å². The van der Waals surface area contributed by atoms with Crippen molar-refractivity contribution in [2.24, 2.45) is 0 Å². The maximum Gasteiger partial charge on any atom is 0.227 e. The molecule has 5 heteroatoms. The van der Waals surface area contributed by atoms with Crippen LogP contribution in [0.1, 0.15) is 0 Å². The molecule has 0 bridgehead atoms. The van der Waals surface area contributed by atoms with E-state index in [-0.39, 0.29) is 0 Å². The molecule has 3 rings (SSSR count). The highest BCUT2D eigenvalue weighted by Gasteiger charge is 2.12. The standard InChI is InChI=1S/C17H15N3O2/c1-21-15-7-3-2-5-13(15)14-6-4-10-19-17(14)22-12-8-9-16(18)20-11-12/h2-11H,1H3,(H2,18,20). The van der Waals surface area contributed by atoms with E-state index in [0.717, 1.165) is 16.9 Å². The summed E-state index contributed by atoms with van der Waals surface area (Å²) in [4.78, 5) is 8.32. The third-order valence-corrected chi connectivity index (χ3v) is 3.14. The average Bonchev–Trinajstić information content (AvgIpc) is 2.57. The van der Waals surface area contributed by atoms with Gasteiger partial charge in [0, 0.05) is 17.3 Å². The van der Waals surface area contributed by atoms with Crippen LogP contribution in [0.4, 0.5) is 5.82 Å². The fraction of sp³-hybridized carbons (Fsp3) is 0.0588. The molecule has 0 aliphatic carbocycles. The molecular formula is C17H15N3O2. The zero-order chi connectivity index (χ0) is 15.4. The van der Waals surface area contributed by atoms with Crippen LogP contribution in [0.5, 0.6) is 17.4 Å². The summed E-state index contributed by atoms with van der Waals surface area (Å²) < 4.78 is 11.2. The normalized spacial score (nSPS) is 10.2. The molecule has 0 amide bonds. The van der Waals surface area contributed by atoms with Crippen molar-refractivity contribution >= 4 is 5.82 Å². The molecule has 2 heterocycles. The Balaban J connectivity index is 2.01. The van der Waals surface area contributed by atoms with Gasteiger partial charge in [0.1, 0.15) is 17.3 Å². The van der Waals surface area contributed by atoms with Crippen molar-refractivity contribution in [1.29, 1.82) is 0 Å². The number of nitrogens with two attached hydrogens (primary N) is 1. The van der Waals surface area contributed by atoms with E-state index in [1.807, 2.05) is 36.4 Å². The zero-order valence-electron chi connectivity index (χ0n) is 12.1. The molecule has 2 aromatic heterocycles. The minimum absolute atomic E-state index is 0.443. The second-order valence-electron chi connectivity index (χ2n) is 4.58. The quantitative estimate of drug-likeness (QED) is 0.797. The van der Waals surface area contributed by atoms with Crippen LogP contribution in [0, 0.1) is 0 Å². The van der Waals surface area contributed by atoms with Gasteiger partial charge in [-0.05, 0) is 30.3 Å². The Morgan fingerprint density at radius 3 is 2.50 bits per heavy atom. The molecule has 0 radical (unpaired) electrons. The summed E-state index contributed by atoms with van der Waals surface area (Å²) in [6, 6.07) is 15.0. The lowest BCUT2D eigenvalue weighted by Gasteiger charge is -2.12. The number of rotatable bonds is 4. The smallest absolute Gasteiger partial charge is 0.227 e. The number of pyridine rings is 2. The Labute approximate surface area is 128 Å². The first-order valence-corrected chi connectivity index (χ1v) is 6.75. The molecule has 3 aromatic rings. The fourth-order valence-corrected chi connectivity index (χ4v) is 2.11. The highest BCUT2D eigenvalue weighted by Crippen LogP contribution is 2.36. The van der Waals surface area contributed by atoms with Gasteiger partial charge in [-0.15, -0.1) is 0 Å². The predicted molar refractivity (Wildman–Crippen MR) is 84.9 cm³/mol. The molecule has 1 aromatic carbocycles. The van der Waals surface area contributed by atoms with Gasteiger partial charge in [0.2, 0.25) is 5.88 Å². The third-order valence-electron chi connectivity index (χ3n) is 3.14. The monoisotopic (exact) mass is 293 g/mol. The van der Waals surface area contributed by atoms with Crippen LogP contribution in [0.15, 0.2) is 60.9 Å². The molecule has 0 saturated heterocycles. The summed E-state index contributed by atoms with van der Waals surface area (Å²) >= 11 is 0. The molecule has 0 atom stereocenters. The Morgan fingerprint density at radius 1 is 0.909 bits per heavy atom. The summed E-state index contributed by atoms with van der Waals surface area (Å²) in [6.07, 6.45) is 3.25. The molecular weight excluding hydrogens is 278 g/mol. The summed E-state index contributed by atoms with van der Waals surface area (Å²) in [5.74, 6) is 2.26.